The Morgan fingerprint density at radius 2 is 1.90 bits per heavy atom. The van der Waals surface area contributed by atoms with Gasteiger partial charge in [0.1, 0.15) is 5.82 Å². The van der Waals surface area contributed by atoms with Crippen LogP contribution >= 0.6 is 0 Å². The third kappa shape index (κ3) is 2.49. The zero-order chi connectivity index (χ0) is 14.9. The molecule has 0 spiro atoms. The smallest absolute Gasteiger partial charge is 0.131 e. The molecule has 2 aromatic carbocycles. The van der Waals surface area contributed by atoms with Crippen LogP contribution in [0.4, 0.5) is 4.39 Å². The standard InChI is InChI=1S/C19H23F/c1-6-13(5)15-10-14-8-9-18(20)16(7-2)19(14)17(11-15)12(3)4/h7-13H,2,6H2,1,3-5H3. The maximum absolute atomic E-state index is 14.0. The highest BCUT2D eigenvalue weighted by atomic mass is 19.1. The van der Waals surface area contributed by atoms with Crippen molar-refractivity contribution in [2.75, 3.05) is 0 Å². The first-order valence-corrected chi connectivity index (χ1v) is 7.38. The maximum Gasteiger partial charge on any atom is 0.131 e. The fourth-order valence-corrected chi connectivity index (χ4v) is 2.70. The van der Waals surface area contributed by atoms with Gasteiger partial charge in [-0.25, -0.2) is 4.39 Å². The minimum absolute atomic E-state index is 0.189. The molecule has 0 nitrogen and oxygen atoms in total. The first kappa shape index (κ1) is 14.8. The average Bonchev–Trinajstić information content (AvgIpc) is 2.45. The molecule has 0 aliphatic heterocycles. The van der Waals surface area contributed by atoms with Crippen LogP contribution in [0, 0.1) is 5.82 Å². The van der Waals surface area contributed by atoms with Gasteiger partial charge in [-0.1, -0.05) is 58.5 Å². The molecule has 1 atom stereocenters. The highest BCUT2D eigenvalue weighted by molar-refractivity contribution is 5.94. The Labute approximate surface area is 121 Å². The lowest BCUT2D eigenvalue weighted by Gasteiger charge is -2.18. The van der Waals surface area contributed by atoms with E-state index in [0.717, 1.165) is 17.2 Å². The fourth-order valence-electron chi connectivity index (χ4n) is 2.70. The van der Waals surface area contributed by atoms with Crippen molar-refractivity contribution in [3.05, 3.63) is 53.4 Å². The third-order valence-corrected chi connectivity index (χ3v) is 4.17. The molecule has 0 aliphatic carbocycles. The van der Waals surface area contributed by atoms with Crippen LogP contribution < -0.4 is 0 Å². The van der Waals surface area contributed by atoms with Crippen LogP contribution in [0.25, 0.3) is 16.8 Å². The molecule has 1 heteroatoms. The average molecular weight is 270 g/mol. The van der Waals surface area contributed by atoms with E-state index in [-0.39, 0.29) is 5.82 Å². The lowest BCUT2D eigenvalue weighted by molar-refractivity contribution is 0.627. The van der Waals surface area contributed by atoms with Crippen LogP contribution in [0.15, 0.2) is 30.8 Å². The van der Waals surface area contributed by atoms with Crippen LogP contribution in [-0.4, -0.2) is 0 Å². The number of benzene rings is 2. The van der Waals surface area contributed by atoms with Crippen molar-refractivity contribution in [1.82, 2.24) is 0 Å². The first-order chi connectivity index (χ1) is 9.49. The highest BCUT2D eigenvalue weighted by Gasteiger charge is 2.15. The van der Waals surface area contributed by atoms with E-state index in [1.807, 2.05) is 6.07 Å². The van der Waals surface area contributed by atoms with Gasteiger partial charge in [-0.2, -0.15) is 0 Å². The molecule has 2 aromatic rings. The maximum atomic E-state index is 14.0. The Morgan fingerprint density at radius 3 is 2.45 bits per heavy atom. The summed E-state index contributed by atoms with van der Waals surface area (Å²) in [5, 5.41) is 2.13. The summed E-state index contributed by atoms with van der Waals surface area (Å²) in [6, 6.07) is 7.87. The van der Waals surface area contributed by atoms with E-state index >= 15 is 0 Å². The van der Waals surface area contributed by atoms with E-state index < -0.39 is 0 Å². The van der Waals surface area contributed by atoms with Crippen molar-refractivity contribution in [2.45, 2.75) is 46.0 Å². The van der Waals surface area contributed by atoms with E-state index in [1.165, 1.54) is 11.1 Å². The van der Waals surface area contributed by atoms with Crippen molar-refractivity contribution < 1.29 is 4.39 Å². The molecule has 20 heavy (non-hydrogen) atoms. The molecule has 0 N–H and O–H groups in total. The number of fused-ring (bicyclic) bond motifs is 1. The molecule has 106 valence electrons. The van der Waals surface area contributed by atoms with Crippen molar-refractivity contribution in [2.24, 2.45) is 0 Å². The minimum atomic E-state index is -0.189. The minimum Gasteiger partial charge on any atom is -0.206 e. The topological polar surface area (TPSA) is 0 Å². The summed E-state index contributed by atoms with van der Waals surface area (Å²) in [6.45, 7) is 12.5. The molecule has 0 bridgehead atoms. The van der Waals surface area contributed by atoms with Crippen molar-refractivity contribution in [1.29, 1.82) is 0 Å². The number of hydrogen-bond donors (Lipinski definition) is 0. The number of hydrogen-bond acceptors (Lipinski definition) is 0. The van der Waals surface area contributed by atoms with Gasteiger partial charge in [0, 0.05) is 5.56 Å². The summed E-state index contributed by atoms with van der Waals surface area (Å²) >= 11 is 0. The monoisotopic (exact) mass is 270 g/mol. The molecule has 0 aliphatic rings. The quantitative estimate of drug-likeness (QED) is 0.615. The molecule has 0 aromatic heterocycles. The van der Waals surface area contributed by atoms with Crippen LogP contribution in [0.5, 0.6) is 0 Å². The predicted octanol–water partition coefficient (Wildman–Crippen LogP) is 6.26. The van der Waals surface area contributed by atoms with E-state index in [4.69, 9.17) is 0 Å². The van der Waals surface area contributed by atoms with Gasteiger partial charge in [-0.05, 0) is 46.2 Å². The molecular formula is C19H23F. The van der Waals surface area contributed by atoms with Crippen molar-refractivity contribution in [3.8, 4) is 0 Å². The van der Waals surface area contributed by atoms with Gasteiger partial charge in [0.25, 0.3) is 0 Å². The second-order valence-electron chi connectivity index (χ2n) is 5.84. The Hall–Kier alpha value is -1.63. The first-order valence-electron chi connectivity index (χ1n) is 7.38. The van der Waals surface area contributed by atoms with Gasteiger partial charge in [0.05, 0.1) is 0 Å². The van der Waals surface area contributed by atoms with Crippen LogP contribution in [-0.2, 0) is 0 Å². The Morgan fingerprint density at radius 1 is 1.20 bits per heavy atom. The van der Waals surface area contributed by atoms with Crippen molar-refractivity contribution >= 4 is 16.8 Å². The zero-order valence-electron chi connectivity index (χ0n) is 12.8. The van der Waals surface area contributed by atoms with E-state index in [1.54, 1.807) is 12.1 Å². The summed E-state index contributed by atoms with van der Waals surface area (Å²) in [7, 11) is 0. The van der Waals surface area contributed by atoms with Crippen LogP contribution in [0.3, 0.4) is 0 Å². The Kier molecular flexibility index (Phi) is 4.27. The summed E-state index contributed by atoms with van der Waals surface area (Å²) in [6.07, 6.45) is 2.74. The van der Waals surface area contributed by atoms with E-state index in [9.17, 15) is 4.39 Å². The molecule has 0 radical (unpaired) electrons. The van der Waals surface area contributed by atoms with Gasteiger partial charge in [0.15, 0.2) is 0 Å². The van der Waals surface area contributed by atoms with Gasteiger partial charge in [0.2, 0.25) is 0 Å². The normalized spacial score (nSPS) is 12.9. The molecule has 0 heterocycles. The third-order valence-electron chi connectivity index (χ3n) is 4.17. The van der Waals surface area contributed by atoms with Gasteiger partial charge >= 0.3 is 0 Å². The molecular weight excluding hydrogens is 247 g/mol. The van der Waals surface area contributed by atoms with Crippen LogP contribution in [0.2, 0.25) is 0 Å². The lowest BCUT2D eigenvalue weighted by Crippen LogP contribution is -1.99. The second kappa shape index (κ2) is 5.78. The summed E-state index contributed by atoms with van der Waals surface area (Å²) in [4.78, 5) is 0. The van der Waals surface area contributed by atoms with Crippen LogP contribution in [0.1, 0.15) is 62.6 Å². The molecule has 1 unspecified atom stereocenters. The van der Waals surface area contributed by atoms with Gasteiger partial charge in [-0.3, -0.25) is 0 Å². The summed E-state index contributed by atoms with van der Waals surface area (Å²) in [5.74, 6) is 0.696. The Balaban J connectivity index is 2.85. The zero-order valence-corrected chi connectivity index (χ0v) is 12.8. The second-order valence-corrected chi connectivity index (χ2v) is 5.84. The Bertz CT molecular complexity index is 638. The molecule has 0 fully saturated rings. The molecule has 2 rings (SSSR count). The molecule has 0 amide bonds. The SMILES string of the molecule is C=Cc1c(F)ccc2cc(C(C)CC)cc(C(C)C)c12. The van der Waals surface area contributed by atoms with Gasteiger partial charge < -0.3 is 0 Å². The number of halogens is 1. The van der Waals surface area contributed by atoms with E-state index in [2.05, 4.69) is 46.4 Å². The van der Waals surface area contributed by atoms with E-state index in [0.29, 0.717) is 17.4 Å². The predicted molar refractivity (Wildman–Crippen MR) is 86.8 cm³/mol. The van der Waals surface area contributed by atoms with Crippen molar-refractivity contribution in [3.63, 3.8) is 0 Å². The lowest BCUT2D eigenvalue weighted by atomic mass is 9.87. The number of rotatable bonds is 4. The van der Waals surface area contributed by atoms with Gasteiger partial charge in [-0.15, -0.1) is 0 Å². The summed E-state index contributed by atoms with van der Waals surface area (Å²) < 4.78 is 14.0. The molecule has 0 saturated heterocycles. The fraction of sp³-hybridized carbons (Fsp3) is 0.368. The summed E-state index contributed by atoms with van der Waals surface area (Å²) in [5.41, 5.74) is 3.18. The highest BCUT2D eigenvalue weighted by Crippen LogP contribution is 2.34. The largest absolute Gasteiger partial charge is 0.206 e. The molecule has 0 saturated carbocycles.